The molecule has 2 aromatic carbocycles. The number of nitrogens with zero attached hydrogens (tertiary/aromatic N) is 1. The van der Waals surface area contributed by atoms with Gasteiger partial charge >= 0.3 is 0 Å². The topological polar surface area (TPSA) is 29.5 Å². The van der Waals surface area contributed by atoms with Crippen LogP contribution in [0.3, 0.4) is 0 Å². The number of hydrogen-bond donors (Lipinski definition) is 0. The highest BCUT2D eigenvalue weighted by Crippen LogP contribution is 2.37. The Morgan fingerprint density at radius 2 is 1.95 bits per heavy atom. The largest absolute Gasteiger partial charge is 0.484 e. The molecule has 2 aromatic rings. The van der Waals surface area contributed by atoms with Gasteiger partial charge in [-0.15, -0.1) is 0 Å². The Bertz CT molecular complexity index is 697. The molecule has 0 saturated heterocycles. The molecule has 0 N–H and O–H groups in total. The molecule has 1 amide bonds. The third kappa shape index (κ3) is 2.81. The van der Waals surface area contributed by atoms with E-state index in [0.29, 0.717) is 12.1 Å². The van der Waals surface area contributed by atoms with Gasteiger partial charge in [-0.2, -0.15) is 0 Å². The van der Waals surface area contributed by atoms with E-state index in [-0.39, 0.29) is 5.91 Å². The average Bonchev–Trinajstić information content (AvgIpc) is 2.44. The van der Waals surface area contributed by atoms with Crippen molar-refractivity contribution >= 4 is 27.5 Å². The predicted octanol–water partition coefficient (Wildman–Crippen LogP) is 4.27. The van der Waals surface area contributed by atoms with Gasteiger partial charge < -0.3 is 9.64 Å². The highest BCUT2D eigenvalue weighted by molar-refractivity contribution is 9.10. The summed E-state index contributed by atoms with van der Waals surface area (Å²) in [5, 5.41) is 0. The lowest BCUT2D eigenvalue weighted by molar-refractivity contribution is 0.0837. The lowest BCUT2D eigenvalue weighted by Crippen LogP contribution is -2.49. The summed E-state index contributed by atoms with van der Waals surface area (Å²) >= 11 is 3.41. The molecule has 0 bridgehead atoms. The maximum absolute atomic E-state index is 12.9. The third-order valence-electron chi connectivity index (χ3n) is 3.40. The number of hydrogen-bond acceptors (Lipinski definition) is 2. The number of ether oxygens (including phenoxy) is 1. The Hall–Kier alpha value is -1.81. The average molecular weight is 346 g/mol. The van der Waals surface area contributed by atoms with Gasteiger partial charge in [0, 0.05) is 10.0 Å². The molecule has 21 heavy (non-hydrogen) atoms. The van der Waals surface area contributed by atoms with E-state index in [2.05, 4.69) is 15.9 Å². The van der Waals surface area contributed by atoms with Crippen molar-refractivity contribution in [3.63, 3.8) is 0 Å². The first kappa shape index (κ1) is 14.1. The summed E-state index contributed by atoms with van der Waals surface area (Å²) in [6, 6.07) is 15.1. The van der Waals surface area contributed by atoms with Gasteiger partial charge in [-0.3, -0.25) is 4.79 Å². The summed E-state index contributed by atoms with van der Waals surface area (Å²) in [5.41, 5.74) is 1.08. The molecular weight excluding hydrogens is 330 g/mol. The van der Waals surface area contributed by atoms with E-state index in [9.17, 15) is 4.79 Å². The van der Waals surface area contributed by atoms with Crippen molar-refractivity contribution in [2.45, 2.75) is 19.4 Å². The summed E-state index contributed by atoms with van der Waals surface area (Å²) in [6.07, 6.45) is 0. The van der Waals surface area contributed by atoms with Crippen molar-refractivity contribution in [1.82, 2.24) is 0 Å². The van der Waals surface area contributed by atoms with Crippen LogP contribution in [0.1, 0.15) is 24.2 Å². The lowest BCUT2D eigenvalue weighted by Gasteiger charge is -2.39. The second kappa shape index (κ2) is 5.19. The molecule has 4 heteroatoms. The van der Waals surface area contributed by atoms with E-state index >= 15 is 0 Å². The Kier molecular flexibility index (Phi) is 3.49. The molecule has 0 saturated carbocycles. The Balaban J connectivity index is 2.03. The van der Waals surface area contributed by atoms with E-state index in [1.165, 1.54) is 0 Å². The zero-order valence-corrected chi connectivity index (χ0v) is 13.6. The molecule has 3 nitrogen and oxygen atoms in total. The predicted molar refractivity (Wildman–Crippen MR) is 87.0 cm³/mol. The molecule has 0 aromatic heterocycles. The van der Waals surface area contributed by atoms with Crippen LogP contribution in [0.4, 0.5) is 5.69 Å². The van der Waals surface area contributed by atoms with Gasteiger partial charge in [0.1, 0.15) is 11.4 Å². The summed E-state index contributed by atoms with van der Waals surface area (Å²) in [4.78, 5) is 14.6. The molecule has 0 spiro atoms. The Morgan fingerprint density at radius 1 is 1.19 bits per heavy atom. The quantitative estimate of drug-likeness (QED) is 0.772. The van der Waals surface area contributed by atoms with Crippen LogP contribution >= 0.6 is 15.9 Å². The van der Waals surface area contributed by atoms with Crippen LogP contribution in [0.2, 0.25) is 0 Å². The molecule has 1 heterocycles. The van der Waals surface area contributed by atoms with E-state index in [1.54, 1.807) is 4.90 Å². The van der Waals surface area contributed by atoms with Crippen molar-refractivity contribution < 1.29 is 9.53 Å². The van der Waals surface area contributed by atoms with E-state index in [1.807, 2.05) is 62.4 Å². The van der Waals surface area contributed by atoms with Crippen LogP contribution in [-0.2, 0) is 0 Å². The Labute approximate surface area is 132 Å². The monoisotopic (exact) mass is 345 g/mol. The number of anilines is 1. The number of para-hydroxylation sites is 2. The number of rotatable bonds is 1. The standard InChI is InChI=1S/C17H16BrNO2/c1-17(2)11-19(14-8-3-4-9-15(14)21-17)16(20)12-6-5-7-13(18)10-12/h3-10H,11H2,1-2H3. The maximum atomic E-state index is 12.9. The molecule has 108 valence electrons. The summed E-state index contributed by atoms with van der Waals surface area (Å²) in [6.45, 7) is 4.50. The molecule has 0 atom stereocenters. The summed E-state index contributed by atoms with van der Waals surface area (Å²) in [7, 11) is 0. The van der Waals surface area contributed by atoms with Gasteiger partial charge in [0.25, 0.3) is 5.91 Å². The molecule has 1 aliphatic rings. The van der Waals surface area contributed by atoms with Crippen LogP contribution in [0.15, 0.2) is 53.0 Å². The van der Waals surface area contributed by atoms with Crippen molar-refractivity contribution in [3.05, 3.63) is 58.6 Å². The molecule has 3 rings (SSSR count). The first-order valence-corrected chi connectivity index (χ1v) is 7.61. The maximum Gasteiger partial charge on any atom is 0.258 e. The first-order chi connectivity index (χ1) is 9.96. The van der Waals surface area contributed by atoms with Crippen molar-refractivity contribution in [2.75, 3.05) is 11.4 Å². The molecule has 0 fully saturated rings. The molecular formula is C17H16BrNO2. The van der Waals surface area contributed by atoms with Crippen LogP contribution in [0.5, 0.6) is 5.75 Å². The molecule has 1 aliphatic heterocycles. The minimum absolute atomic E-state index is 0.0138. The highest BCUT2D eigenvalue weighted by Gasteiger charge is 2.34. The minimum atomic E-state index is -0.407. The van der Waals surface area contributed by atoms with E-state index in [0.717, 1.165) is 15.9 Å². The van der Waals surface area contributed by atoms with Gasteiger partial charge in [0.05, 0.1) is 12.2 Å². The zero-order valence-electron chi connectivity index (χ0n) is 12.0. The molecule has 0 radical (unpaired) electrons. The Morgan fingerprint density at radius 3 is 2.71 bits per heavy atom. The minimum Gasteiger partial charge on any atom is -0.484 e. The number of carbonyl (C=O) groups is 1. The van der Waals surface area contributed by atoms with Gasteiger partial charge in [-0.1, -0.05) is 34.1 Å². The zero-order chi connectivity index (χ0) is 15.0. The van der Waals surface area contributed by atoms with Gasteiger partial charge in [0.15, 0.2) is 0 Å². The van der Waals surface area contributed by atoms with Crippen LogP contribution in [-0.4, -0.2) is 18.1 Å². The summed E-state index contributed by atoms with van der Waals surface area (Å²) in [5.74, 6) is 0.734. The number of benzene rings is 2. The smallest absolute Gasteiger partial charge is 0.258 e. The van der Waals surface area contributed by atoms with Crippen molar-refractivity contribution in [1.29, 1.82) is 0 Å². The van der Waals surface area contributed by atoms with Gasteiger partial charge in [-0.25, -0.2) is 0 Å². The van der Waals surface area contributed by atoms with Crippen molar-refractivity contribution in [2.24, 2.45) is 0 Å². The number of amides is 1. The van der Waals surface area contributed by atoms with Crippen molar-refractivity contribution in [3.8, 4) is 5.75 Å². The SMILES string of the molecule is CC1(C)CN(C(=O)c2cccc(Br)c2)c2ccccc2O1. The van der Waals surface area contributed by atoms with Gasteiger partial charge in [0.2, 0.25) is 0 Å². The lowest BCUT2D eigenvalue weighted by atomic mass is 10.0. The first-order valence-electron chi connectivity index (χ1n) is 6.82. The third-order valence-corrected chi connectivity index (χ3v) is 3.89. The fourth-order valence-corrected chi connectivity index (χ4v) is 2.92. The fourth-order valence-electron chi connectivity index (χ4n) is 2.52. The molecule has 0 aliphatic carbocycles. The number of carbonyl (C=O) groups excluding carboxylic acids is 1. The molecule has 0 unspecified atom stereocenters. The van der Waals surface area contributed by atoms with Crippen LogP contribution in [0, 0.1) is 0 Å². The van der Waals surface area contributed by atoms with E-state index < -0.39 is 5.60 Å². The van der Waals surface area contributed by atoms with Crippen LogP contribution in [0.25, 0.3) is 0 Å². The van der Waals surface area contributed by atoms with Crippen LogP contribution < -0.4 is 9.64 Å². The fraction of sp³-hybridized carbons (Fsp3) is 0.235. The highest BCUT2D eigenvalue weighted by atomic mass is 79.9. The van der Waals surface area contributed by atoms with E-state index in [4.69, 9.17) is 4.74 Å². The summed E-state index contributed by atoms with van der Waals surface area (Å²) < 4.78 is 6.85. The number of fused-ring (bicyclic) bond motifs is 1. The number of halogens is 1. The second-order valence-corrected chi connectivity index (χ2v) is 6.65. The van der Waals surface area contributed by atoms with Gasteiger partial charge in [-0.05, 0) is 44.2 Å². The normalized spacial score (nSPS) is 16.0. The second-order valence-electron chi connectivity index (χ2n) is 5.73.